The molecule has 0 radical (unpaired) electrons. The highest BCUT2D eigenvalue weighted by molar-refractivity contribution is 7.89. The zero-order chi connectivity index (χ0) is 23.0. The topological polar surface area (TPSA) is 87.1 Å². The smallest absolute Gasteiger partial charge is 0.246 e. The Hall–Kier alpha value is -3.01. The fourth-order valence-corrected chi connectivity index (χ4v) is 6.32. The van der Waals surface area contributed by atoms with E-state index in [1.807, 2.05) is 24.3 Å². The number of hydrogen-bond acceptors (Lipinski definition) is 5. The molecule has 1 N–H and O–H groups in total. The molecule has 2 aromatic heterocycles. The van der Waals surface area contributed by atoms with Gasteiger partial charge in [0.25, 0.3) is 0 Å². The molecule has 1 aliphatic rings. The quantitative estimate of drug-likeness (QED) is 0.474. The van der Waals surface area contributed by atoms with Crippen molar-refractivity contribution in [3.05, 3.63) is 77.4 Å². The molecule has 33 heavy (non-hydrogen) atoms. The highest BCUT2D eigenvalue weighted by Crippen LogP contribution is 2.24. The second-order valence-electron chi connectivity index (χ2n) is 8.53. The van der Waals surface area contributed by atoms with E-state index in [4.69, 9.17) is 4.98 Å². The predicted molar refractivity (Wildman–Crippen MR) is 127 cm³/mol. The molecule has 1 aliphatic heterocycles. The number of nitrogens with one attached hydrogen (secondary N) is 1. The maximum absolute atomic E-state index is 13.2. The van der Waals surface area contributed by atoms with Crippen molar-refractivity contribution in [1.82, 2.24) is 29.0 Å². The summed E-state index contributed by atoms with van der Waals surface area (Å²) in [6.45, 7) is 7.12. The average molecular weight is 465 g/mol. The van der Waals surface area contributed by atoms with Gasteiger partial charge in [0.05, 0.1) is 29.0 Å². The maximum atomic E-state index is 13.2. The second-order valence-corrected chi connectivity index (χ2v) is 10.4. The SMILES string of the molecule is Cc1n[nH]c(C)c1S(=O)(=O)N1CCN(Cc2nc3ccccc3n2Cc2ccccc2)CC1. The summed E-state index contributed by atoms with van der Waals surface area (Å²) in [7, 11) is -3.55. The Morgan fingerprint density at radius 2 is 1.61 bits per heavy atom. The van der Waals surface area contributed by atoms with Crippen LogP contribution in [0, 0.1) is 13.8 Å². The van der Waals surface area contributed by atoms with Crippen molar-refractivity contribution in [2.75, 3.05) is 26.2 Å². The molecule has 2 aromatic carbocycles. The number of imidazole rings is 1. The van der Waals surface area contributed by atoms with Crippen molar-refractivity contribution >= 4 is 21.1 Å². The van der Waals surface area contributed by atoms with Gasteiger partial charge in [-0.2, -0.15) is 9.40 Å². The van der Waals surface area contributed by atoms with Gasteiger partial charge in [0.15, 0.2) is 0 Å². The highest BCUT2D eigenvalue weighted by atomic mass is 32.2. The first-order valence-electron chi connectivity index (χ1n) is 11.2. The van der Waals surface area contributed by atoms with Crippen molar-refractivity contribution < 1.29 is 8.42 Å². The van der Waals surface area contributed by atoms with Crippen molar-refractivity contribution in [1.29, 1.82) is 0 Å². The normalized spacial score (nSPS) is 15.9. The van der Waals surface area contributed by atoms with E-state index in [0.29, 0.717) is 49.0 Å². The Balaban J connectivity index is 1.34. The average Bonchev–Trinajstić information content (AvgIpc) is 3.34. The number of H-pyrrole nitrogens is 1. The van der Waals surface area contributed by atoms with E-state index in [2.05, 4.69) is 50.0 Å². The number of rotatable bonds is 6. The van der Waals surface area contributed by atoms with Crippen LogP contribution in [-0.2, 0) is 23.1 Å². The van der Waals surface area contributed by atoms with Crippen LogP contribution in [0.15, 0.2) is 59.5 Å². The fourth-order valence-electron chi connectivity index (χ4n) is 4.57. The van der Waals surface area contributed by atoms with Crippen molar-refractivity contribution in [2.45, 2.75) is 31.8 Å². The summed E-state index contributed by atoms with van der Waals surface area (Å²) >= 11 is 0. The fraction of sp³-hybridized carbons (Fsp3) is 0.333. The largest absolute Gasteiger partial charge is 0.322 e. The number of aromatic amines is 1. The molecule has 5 rings (SSSR count). The van der Waals surface area contributed by atoms with Crippen LogP contribution in [0.3, 0.4) is 0 Å². The number of aryl methyl sites for hydroxylation is 2. The van der Waals surface area contributed by atoms with E-state index in [1.165, 1.54) is 5.56 Å². The molecule has 8 nitrogen and oxygen atoms in total. The molecule has 0 atom stereocenters. The summed E-state index contributed by atoms with van der Waals surface area (Å²) in [4.78, 5) is 7.50. The number of benzene rings is 2. The van der Waals surface area contributed by atoms with Gasteiger partial charge in [0.1, 0.15) is 10.7 Å². The van der Waals surface area contributed by atoms with Gasteiger partial charge in [-0.25, -0.2) is 13.4 Å². The molecule has 0 bridgehead atoms. The molecular formula is C24H28N6O2S. The van der Waals surface area contributed by atoms with E-state index < -0.39 is 10.0 Å². The third-order valence-electron chi connectivity index (χ3n) is 6.27. The summed E-state index contributed by atoms with van der Waals surface area (Å²) in [6, 6.07) is 18.6. The molecule has 1 fully saturated rings. The van der Waals surface area contributed by atoms with Gasteiger partial charge in [-0.3, -0.25) is 10.00 Å². The van der Waals surface area contributed by atoms with E-state index in [1.54, 1.807) is 18.2 Å². The van der Waals surface area contributed by atoms with Gasteiger partial charge in [-0.1, -0.05) is 42.5 Å². The first-order valence-corrected chi connectivity index (χ1v) is 12.6. The number of piperazine rings is 1. The van der Waals surface area contributed by atoms with Gasteiger partial charge in [0, 0.05) is 32.7 Å². The molecule has 172 valence electrons. The first-order chi connectivity index (χ1) is 15.9. The predicted octanol–water partition coefficient (Wildman–Crippen LogP) is 2.93. The first kappa shape index (κ1) is 21.8. The zero-order valence-corrected chi connectivity index (χ0v) is 19.7. The number of hydrogen-bond donors (Lipinski definition) is 1. The van der Waals surface area contributed by atoms with Gasteiger partial charge in [0.2, 0.25) is 10.0 Å². The summed E-state index contributed by atoms with van der Waals surface area (Å²) in [5, 5.41) is 6.85. The Labute approximate surface area is 193 Å². The van der Waals surface area contributed by atoms with Crippen LogP contribution in [0.4, 0.5) is 0 Å². The third-order valence-corrected chi connectivity index (χ3v) is 8.43. The molecule has 0 aliphatic carbocycles. The van der Waals surface area contributed by atoms with Crippen LogP contribution in [0.2, 0.25) is 0 Å². The van der Waals surface area contributed by atoms with Crippen molar-refractivity contribution in [2.24, 2.45) is 0 Å². The Morgan fingerprint density at radius 3 is 2.30 bits per heavy atom. The Morgan fingerprint density at radius 1 is 0.909 bits per heavy atom. The third kappa shape index (κ3) is 4.19. The Kier molecular flexibility index (Phi) is 5.77. The number of aromatic nitrogens is 4. The molecule has 0 amide bonds. The van der Waals surface area contributed by atoms with Crippen LogP contribution in [0.1, 0.15) is 22.8 Å². The molecule has 0 saturated carbocycles. The van der Waals surface area contributed by atoms with Crippen molar-refractivity contribution in [3.63, 3.8) is 0 Å². The highest BCUT2D eigenvalue weighted by Gasteiger charge is 2.32. The standard InChI is InChI=1S/C24H28N6O2S/c1-18-24(19(2)27-26-18)33(31,32)29-14-12-28(13-15-29)17-23-25-21-10-6-7-11-22(21)30(23)16-20-8-4-3-5-9-20/h3-11H,12-17H2,1-2H3,(H,26,27). The van der Waals surface area contributed by atoms with Crippen LogP contribution in [0.25, 0.3) is 11.0 Å². The summed E-state index contributed by atoms with van der Waals surface area (Å²) in [5.74, 6) is 0.998. The van der Waals surface area contributed by atoms with Gasteiger partial charge in [-0.05, 0) is 31.5 Å². The van der Waals surface area contributed by atoms with Crippen LogP contribution in [-0.4, -0.2) is 63.6 Å². The monoisotopic (exact) mass is 464 g/mol. The van der Waals surface area contributed by atoms with Crippen LogP contribution < -0.4 is 0 Å². The lowest BCUT2D eigenvalue weighted by Crippen LogP contribution is -2.48. The maximum Gasteiger partial charge on any atom is 0.246 e. The molecule has 0 unspecified atom stereocenters. The van der Waals surface area contributed by atoms with Gasteiger partial charge >= 0.3 is 0 Å². The van der Waals surface area contributed by atoms with E-state index in [9.17, 15) is 8.42 Å². The lowest BCUT2D eigenvalue weighted by atomic mass is 10.2. The van der Waals surface area contributed by atoms with Gasteiger partial charge in [-0.15, -0.1) is 0 Å². The molecular weight excluding hydrogens is 436 g/mol. The van der Waals surface area contributed by atoms with Crippen molar-refractivity contribution in [3.8, 4) is 0 Å². The number of sulfonamides is 1. The lowest BCUT2D eigenvalue weighted by molar-refractivity contribution is 0.176. The molecule has 9 heteroatoms. The van der Waals surface area contributed by atoms with E-state index >= 15 is 0 Å². The van der Waals surface area contributed by atoms with E-state index in [-0.39, 0.29) is 0 Å². The molecule has 4 aromatic rings. The minimum Gasteiger partial charge on any atom is -0.322 e. The molecule has 1 saturated heterocycles. The Bertz CT molecular complexity index is 1350. The summed E-state index contributed by atoms with van der Waals surface area (Å²) < 4.78 is 30.2. The minimum atomic E-state index is -3.55. The molecule has 0 spiro atoms. The second kappa shape index (κ2) is 8.74. The minimum absolute atomic E-state index is 0.306. The zero-order valence-electron chi connectivity index (χ0n) is 18.9. The van der Waals surface area contributed by atoms with E-state index in [0.717, 1.165) is 23.4 Å². The number of fused-ring (bicyclic) bond motifs is 1. The summed E-state index contributed by atoms with van der Waals surface area (Å²) in [5.41, 5.74) is 4.43. The molecule has 3 heterocycles. The summed E-state index contributed by atoms with van der Waals surface area (Å²) in [6.07, 6.45) is 0. The number of nitrogens with zero attached hydrogens (tertiary/aromatic N) is 5. The van der Waals surface area contributed by atoms with Gasteiger partial charge < -0.3 is 4.57 Å². The lowest BCUT2D eigenvalue weighted by Gasteiger charge is -2.33. The van der Waals surface area contributed by atoms with Crippen LogP contribution in [0.5, 0.6) is 0 Å². The number of para-hydroxylation sites is 2. The van der Waals surface area contributed by atoms with Crippen LogP contribution >= 0.6 is 0 Å².